The second-order valence-electron chi connectivity index (χ2n) is 5.28. The lowest BCUT2D eigenvalue weighted by molar-refractivity contribution is -0.142. The Balaban J connectivity index is 2.62. The smallest absolute Gasteiger partial charge is 0.368 e. The molecule has 7 heteroatoms. The lowest BCUT2D eigenvalue weighted by Gasteiger charge is -2.27. The Labute approximate surface area is 116 Å². The average molecular weight is 294 g/mol. The maximum atomic E-state index is 12.2. The van der Waals surface area contributed by atoms with Crippen molar-refractivity contribution in [2.75, 3.05) is 6.54 Å². The number of carbonyl (C=O) groups excluding carboxylic acids is 2. The van der Waals surface area contributed by atoms with E-state index < -0.39 is 24.5 Å². The van der Waals surface area contributed by atoms with Gasteiger partial charge in [0, 0.05) is 19.4 Å². The van der Waals surface area contributed by atoms with Gasteiger partial charge in [-0.3, -0.25) is 9.59 Å². The number of amides is 2. The Hall–Kier alpha value is -1.27. The summed E-state index contributed by atoms with van der Waals surface area (Å²) in [5, 5.41) is 0. The summed E-state index contributed by atoms with van der Waals surface area (Å²) in [5.74, 6) is -1.09. The molecule has 2 amide bonds. The van der Waals surface area contributed by atoms with E-state index in [0.717, 1.165) is 0 Å². The van der Waals surface area contributed by atoms with Crippen LogP contribution in [0.2, 0.25) is 0 Å². The van der Waals surface area contributed by atoms with E-state index in [1.165, 1.54) is 4.90 Å². The van der Waals surface area contributed by atoms with Crippen LogP contribution in [0.25, 0.3) is 0 Å². The van der Waals surface area contributed by atoms with Crippen molar-refractivity contribution < 1.29 is 22.8 Å². The number of primary amides is 1. The van der Waals surface area contributed by atoms with Crippen LogP contribution >= 0.6 is 0 Å². The number of nitrogens with two attached hydrogens (primary N) is 1. The van der Waals surface area contributed by atoms with Crippen LogP contribution in [0.3, 0.4) is 0 Å². The molecule has 0 aromatic heterocycles. The SMILES string of the molecule is CCC(C(N)=O)N1CCCC(CCC(F)(F)F)CC1=O. The monoisotopic (exact) mass is 294 g/mol. The highest BCUT2D eigenvalue weighted by Crippen LogP contribution is 2.30. The van der Waals surface area contributed by atoms with Gasteiger partial charge in [0.1, 0.15) is 6.04 Å². The number of hydrogen-bond acceptors (Lipinski definition) is 2. The van der Waals surface area contributed by atoms with Gasteiger partial charge >= 0.3 is 6.18 Å². The third-order valence-electron chi connectivity index (χ3n) is 3.72. The predicted octanol–water partition coefficient (Wildman–Crippen LogP) is 2.22. The number of hydrogen-bond donors (Lipinski definition) is 1. The summed E-state index contributed by atoms with van der Waals surface area (Å²) in [6, 6.07) is -0.649. The maximum Gasteiger partial charge on any atom is 0.389 e. The van der Waals surface area contributed by atoms with Gasteiger partial charge in [-0.1, -0.05) is 6.92 Å². The van der Waals surface area contributed by atoms with Crippen molar-refractivity contribution in [3.63, 3.8) is 0 Å². The molecular formula is C13H21F3N2O2. The van der Waals surface area contributed by atoms with E-state index in [0.29, 0.717) is 25.8 Å². The van der Waals surface area contributed by atoms with Crippen LogP contribution in [-0.2, 0) is 9.59 Å². The standard InChI is InChI=1S/C13H21F3N2O2/c1-2-10(12(17)20)18-7-3-4-9(8-11(18)19)5-6-13(14,15)16/h9-10H,2-8H2,1H3,(H2,17,20). The Morgan fingerprint density at radius 1 is 1.50 bits per heavy atom. The number of likely N-dealkylation sites (tertiary alicyclic amines) is 1. The second kappa shape index (κ2) is 6.95. The largest absolute Gasteiger partial charge is 0.389 e. The molecule has 4 nitrogen and oxygen atoms in total. The van der Waals surface area contributed by atoms with Crippen molar-refractivity contribution in [1.29, 1.82) is 0 Å². The Kier molecular flexibility index (Phi) is 5.83. The highest BCUT2D eigenvalue weighted by atomic mass is 19.4. The van der Waals surface area contributed by atoms with Crippen LogP contribution in [0.15, 0.2) is 0 Å². The second-order valence-corrected chi connectivity index (χ2v) is 5.28. The molecule has 1 aliphatic rings. The number of alkyl halides is 3. The maximum absolute atomic E-state index is 12.2. The minimum Gasteiger partial charge on any atom is -0.368 e. The molecule has 2 unspecified atom stereocenters. The zero-order valence-corrected chi connectivity index (χ0v) is 11.6. The lowest BCUT2D eigenvalue weighted by atomic mass is 9.95. The Morgan fingerprint density at radius 2 is 2.15 bits per heavy atom. The summed E-state index contributed by atoms with van der Waals surface area (Å²) < 4.78 is 36.7. The molecule has 0 aromatic rings. The first-order valence-electron chi connectivity index (χ1n) is 6.90. The molecule has 20 heavy (non-hydrogen) atoms. The molecule has 0 saturated carbocycles. The van der Waals surface area contributed by atoms with Gasteiger partial charge in [0.05, 0.1) is 0 Å². The zero-order chi connectivity index (χ0) is 15.3. The molecule has 2 atom stereocenters. The van der Waals surface area contributed by atoms with Crippen LogP contribution < -0.4 is 5.73 Å². The molecule has 1 saturated heterocycles. The highest BCUT2D eigenvalue weighted by Gasteiger charge is 2.33. The molecular weight excluding hydrogens is 273 g/mol. The summed E-state index contributed by atoms with van der Waals surface area (Å²) in [6.07, 6.45) is -3.40. The molecule has 1 heterocycles. The third-order valence-corrected chi connectivity index (χ3v) is 3.72. The summed E-state index contributed by atoms with van der Waals surface area (Å²) in [7, 11) is 0. The number of halogens is 3. The summed E-state index contributed by atoms with van der Waals surface area (Å²) in [6.45, 7) is 2.15. The molecule has 0 bridgehead atoms. The van der Waals surface area contributed by atoms with E-state index in [4.69, 9.17) is 5.73 Å². The van der Waals surface area contributed by atoms with E-state index in [1.54, 1.807) is 6.92 Å². The topological polar surface area (TPSA) is 63.4 Å². The lowest BCUT2D eigenvalue weighted by Crippen LogP contribution is -2.47. The van der Waals surface area contributed by atoms with Gasteiger partial charge in [-0.2, -0.15) is 13.2 Å². The Morgan fingerprint density at radius 3 is 2.65 bits per heavy atom. The fourth-order valence-electron chi connectivity index (χ4n) is 2.66. The molecule has 1 rings (SSSR count). The average Bonchev–Trinajstić information content (AvgIpc) is 2.49. The fraction of sp³-hybridized carbons (Fsp3) is 0.846. The fourth-order valence-corrected chi connectivity index (χ4v) is 2.66. The van der Waals surface area contributed by atoms with Gasteiger partial charge in [-0.05, 0) is 31.6 Å². The van der Waals surface area contributed by atoms with E-state index in [1.807, 2.05) is 0 Å². The van der Waals surface area contributed by atoms with Crippen molar-refractivity contribution in [2.24, 2.45) is 11.7 Å². The van der Waals surface area contributed by atoms with Crippen molar-refractivity contribution in [3.05, 3.63) is 0 Å². The summed E-state index contributed by atoms with van der Waals surface area (Å²) >= 11 is 0. The van der Waals surface area contributed by atoms with Crippen LogP contribution in [0, 0.1) is 5.92 Å². The van der Waals surface area contributed by atoms with Gasteiger partial charge in [0.15, 0.2) is 0 Å². The molecule has 0 aromatic carbocycles. The quantitative estimate of drug-likeness (QED) is 0.845. The third kappa shape index (κ3) is 5.02. The van der Waals surface area contributed by atoms with E-state index in [2.05, 4.69) is 0 Å². The number of rotatable bonds is 5. The normalized spacial score (nSPS) is 22.5. The molecule has 0 spiro atoms. The van der Waals surface area contributed by atoms with Crippen LogP contribution in [0.1, 0.15) is 45.4 Å². The molecule has 1 aliphatic heterocycles. The van der Waals surface area contributed by atoms with Gasteiger partial charge in [-0.25, -0.2) is 0 Å². The van der Waals surface area contributed by atoms with Crippen molar-refractivity contribution >= 4 is 11.8 Å². The van der Waals surface area contributed by atoms with Crippen molar-refractivity contribution in [1.82, 2.24) is 4.90 Å². The molecule has 116 valence electrons. The zero-order valence-electron chi connectivity index (χ0n) is 11.6. The summed E-state index contributed by atoms with van der Waals surface area (Å²) in [4.78, 5) is 24.8. The molecule has 2 N–H and O–H groups in total. The van der Waals surface area contributed by atoms with Crippen LogP contribution in [-0.4, -0.2) is 35.5 Å². The minimum atomic E-state index is -4.19. The highest BCUT2D eigenvalue weighted by molar-refractivity contribution is 5.86. The van der Waals surface area contributed by atoms with E-state index in [9.17, 15) is 22.8 Å². The van der Waals surface area contributed by atoms with Gasteiger partial charge < -0.3 is 10.6 Å². The van der Waals surface area contributed by atoms with Gasteiger partial charge in [0.25, 0.3) is 0 Å². The first-order valence-corrected chi connectivity index (χ1v) is 6.90. The van der Waals surface area contributed by atoms with Crippen molar-refractivity contribution in [3.8, 4) is 0 Å². The van der Waals surface area contributed by atoms with Gasteiger partial charge in [-0.15, -0.1) is 0 Å². The van der Waals surface area contributed by atoms with Crippen LogP contribution in [0.5, 0.6) is 0 Å². The predicted molar refractivity (Wildman–Crippen MR) is 67.6 cm³/mol. The number of nitrogens with zero attached hydrogens (tertiary/aromatic N) is 1. The first-order chi connectivity index (χ1) is 9.24. The Bertz CT molecular complexity index is 358. The van der Waals surface area contributed by atoms with E-state index in [-0.39, 0.29) is 24.7 Å². The first kappa shape index (κ1) is 16.8. The summed E-state index contributed by atoms with van der Waals surface area (Å²) in [5.41, 5.74) is 5.26. The number of carbonyl (C=O) groups is 2. The van der Waals surface area contributed by atoms with Crippen LogP contribution in [0.4, 0.5) is 13.2 Å². The van der Waals surface area contributed by atoms with Gasteiger partial charge in [0.2, 0.25) is 11.8 Å². The van der Waals surface area contributed by atoms with E-state index >= 15 is 0 Å². The molecule has 0 aliphatic carbocycles. The minimum absolute atomic E-state index is 0.0313. The molecule has 1 fully saturated rings. The van der Waals surface area contributed by atoms with Crippen molar-refractivity contribution in [2.45, 2.75) is 57.7 Å². The molecule has 0 radical (unpaired) electrons.